The van der Waals surface area contributed by atoms with Gasteiger partial charge >= 0.3 is 0 Å². The maximum atomic E-state index is 8.79. The molecular weight excluding hydrogens is 226 g/mol. The molecule has 0 aliphatic carbocycles. The molecule has 0 fully saturated rings. The third kappa shape index (κ3) is 4.67. The Bertz CT molecular complexity index is 328. The monoisotopic (exact) mass is 251 g/mol. The standard InChI is InChI=1S/C15H25NO2/c1-3-10-16-14(4-2)13-8-5-6-9-15(13)18-12-7-11-17/h5-6,8-9,14,16-17H,3-4,7,10-12H2,1-2H3. The average molecular weight is 251 g/mol. The van der Waals surface area contributed by atoms with Gasteiger partial charge in [-0.05, 0) is 25.5 Å². The van der Waals surface area contributed by atoms with Crippen molar-refractivity contribution < 1.29 is 9.84 Å². The van der Waals surface area contributed by atoms with E-state index in [1.54, 1.807) is 0 Å². The Labute approximate surface area is 110 Å². The molecule has 0 aliphatic rings. The van der Waals surface area contributed by atoms with Crippen LogP contribution in [0.1, 0.15) is 44.7 Å². The van der Waals surface area contributed by atoms with Crippen LogP contribution in [0.5, 0.6) is 5.75 Å². The van der Waals surface area contributed by atoms with Gasteiger partial charge in [-0.2, -0.15) is 0 Å². The quantitative estimate of drug-likeness (QED) is 0.663. The lowest BCUT2D eigenvalue weighted by Gasteiger charge is -2.20. The predicted octanol–water partition coefficient (Wildman–Crippen LogP) is 2.90. The lowest BCUT2D eigenvalue weighted by Crippen LogP contribution is -2.22. The van der Waals surface area contributed by atoms with E-state index >= 15 is 0 Å². The molecule has 0 aromatic heterocycles. The van der Waals surface area contributed by atoms with Crippen molar-refractivity contribution in [2.75, 3.05) is 19.8 Å². The van der Waals surface area contributed by atoms with E-state index in [2.05, 4.69) is 25.2 Å². The van der Waals surface area contributed by atoms with Crippen molar-refractivity contribution in [1.29, 1.82) is 0 Å². The molecule has 18 heavy (non-hydrogen) atoms. The van der Waals surface area contributed by atoms with Crippen LogP contribution in [0.3, 0.4) is 0 Å². The second-order valence-corrected chi connectivity index (χ2v) is 4.38. The van der Waals surface area contributed by atoms with Crippen LogP contribution in [0, 0.1) is 0 Å². The number of nitrogens with one attached hydrogen (secondary N) is 1. The Kier molecular flexibility index (Phi) is 7.46. The molecule has 0 radical (unpaired) electrons. The Balaban J connectivity index is 2.71. The summed E-state index contributed by atoms with van der Waals surface area (Å²) in [7, 11) is 0. The van der Waals surface area contributed by atoms with E-state index < -0.39 is 0 Å². The average Bonchev–Trinajstić information content (AvgIpc) is 2.41. The van der Waals surface area contributed by atoms with Crippen molar-refractivity contribution >= 4 is 0 Å². The van der Waals surface area contributed by atoms with E-state index in [0.29, 0.717) is 19.1 Å². The zero-order valence-corrected chi connectivity index (χ0v) is 11.5. The third-order valence-corrected chi connectivity index (χ3v) is 2.90. The Morgan fingerprint density at radius 1 is 1.28 bits per heavy atom. The predicted molar refractivity (Wildman–Crippen MR) is 75.0 cm³/mol. The maximum Gasteiger partial charge on any atom is 0.124 e. The lowest BCUT2D eigenvalue weighted by molar-refractivity contribution is 0.231. The summed E-state index contributed by atoms with van der Waals surface area (Å²) in [6.45, 7) is 6.11. The second-order valence-electron chi connectivity index (χ2n) is 4.38. The fraction of sp³-hybridized carbons (Fsp3) is 0.600. The molecule has 1 aromatic rings. The first kappa shape index (κ1) is 15.0. The van der Waals surface area contributed by atoms with Crippen LogP contribution in [0.15, 0.2) is 24.3 Å². The highest BCUT2D eigenvalue weighted by atomic mass is 16.5. The largest absolute Gasteiger partial charge is 0.493 e. The molecule has 102 valence electrons. The van der Waals surface area contributed by atoms with Crippen LogP contribution in [-0.2, 0) is 0 Å². The molecule has 2 N–H and O–H groups in total. The fourth-order valence-electron chi connectivity index (χ4n) is 1.94. The van der Waals surface area contributed by atoms with Crippen LogP contribution < -0.4 is 10.1 Å². The summed E-state index contributed by atoms with van der Waals surface area (Å²) < 4.78 is 5.74. The van der Waals surface area contributed by atoms with E-state index in [4.69, 9.17) is 9.84 Å². The van der Waals surface area contributed by atoms with Crippen molar-refractivity contribution in [2.45, 2.75) is 39.2 Å². The SMILES string of the molecule is CCCNC(CC)c1ccccc1OCCCO. The minimum atomic E-state index is 0.174. The summed E-state index contributed by atoms with van der Waals surface area (Å²) in [6.07, 6.45) is 2.85. The zero-order chi connectivity index (χ0) is 13.2. The first-order valence-corrected chi connectivity index (χ1v) is 6.89. The summed E-state index contributed by atoms with van der Waals surface area (Å²) in [5.74, 6) is 0.932. The molecule has 0 heterocycles. The van der Waals surface area contributed by atoms with Crippen LogP contribution in [0.2, 0.25) is 0 Å². The molecule has 0 saturated carbocycles. The Hall–Kier alpha value is -1.06. The van der Waals surface area contributed by atoms with Crippen LogP contribution in [0.25, 0.3) is 0 Å². The van der Waals surface area contributed by atoms with Crippen LogP contribution in [-0.4, -0.2) is 24.9 Å². The number of hydrogen-bond acceptors (Lipinski definition) is 3. The van der Waals surface area contributed by atoms with Crippen molar-refractivity contribution in [1.82, 2.24) is 5.32 Å². The molecule has 1 rings (SSSR count). The summed E-state index contributed by atoms with van der Waals surface area (Å²) >= 11 is 0. The number of para-hydroxylation sites is 1. The molecule has 1 atom stereocenters. The summed E-state index contributed by atoms with van der Waals surface area (Å²) in [4.78, 5) is 0. The van der Waals surface area contributed by atoms with E-state index in [-0.39, 0.29) is 6.61 Å². The smallest absolute Gasteiger partial charge is 0.124 e. The normalized spacial score (nSPS) is 12.4. The zero-order valence-electron chi connectivity index (χ0n) is 11.5. The number of rotatable bonds is 9. The highest BCUT2D eigenvalue weighted by molar-refractivity contribution is 5.35. The molecule has 0 saturated heterocycles. The number of hydrogen-bond donors (Lipinski definition) is 2. The van der Waals surface area contributed by atoms with Crippen molar-refractivity contribution in [3.8, 4) is 5.75 Å². The molecule has 3 heteroatoms. The fourth-order valence-corrected chi connectivity index (χ4v) is 1.94. The minimum absolute atomic E-state index is 0.174. The lowest BCUT2D eigenvalue weighted by atomic mass is 10.0. The van der Waals surface area contributed by atoms with Gasteiger partial charge in [-0.15, -0.1) is 0 Å². The van der Waals surface area contributed by atoms with Gasteiger partial charge in [0.25, 0.3) is 0 Å². The van der Waals surface area contributed by atoms with Gasteiger partial charge in [0.1, 0.15) is 5.75 Å². The molecule has 0 bridgehead atoms. The van der Waals surface area contributed by atoms with E-state index in [0.717, 1.165) is 25.1 Å². The topological polar surface area (TPSA) is 41.5 Å². The van der Waals surface area contributed by atoms with Crippen LogP contribution >= 0.6 is 0 Å². The van der Waals surface area contributed by atoms with Gasteiger partial charge in [-0.1, -0.05) is 32.0 Å². The van der Waals surface area contributed by atoms with Gasteiger partial charge in [0.05, 0.1) is 6.61 Å². The molecule has 0 aliphatic heterocycles. The Morgan fingerprint density at radius 3 is 2.72 bits per heavy atom. The van der Waals surface area contributed by atoms with E-state index in [9.17, 15) is 0 Å². The van der Waals surface area contributed by atoms with Gasteiger partial charge in [-0.25, -0.2) is 0 Å². The van der Waals surface area contributed by atoms with Crippen molar-refractivity contribution in [2.24, 2.45) is 0 Å². The molecular formula is C15H25NO2. The second kappa shape index (κ2) is 8.95. The van der Waals surface area contributed by atoms with E-state index in [1.165, 1.54) is 5.56 Å². The molecule has 0 amide bonds. The van der Waals surface area contributed by atoms with Crippen LogP contribution in [0.4, 0.5) is 0 Å². The third-order valence-electron chi connectivity index (χ3n) is 2.90. The van der Waals surface area contributed by atoms with Crippen molar-refractivity contribution in [3.05, 3.63) is 29.8 Å². The van der Waals surface area contributed by atoms with Gasteiger partial charge < -0.3 is 15.2 Å². The number of ether oxygens (including phenoxy) is 1. The molecule has 3 nitrogen and oxygen atoms in total. The van der Waals surface area contributed by atoms with E-state index in [1.807, 2.05) is 18.2 Å². The number of aliphatic hydroxyl groups is 1. The summed E-state index contributed by atoms with van der Waals surface area (Å²) in [5, 5.41) is 12.3. The summed E-state index contributed by atoms with van der Waals surface area (Å²) in [6, 6.07) is 8.50. The Morgan fingerprint density at radius 2 is 2.06 bits per heavy atom. The van der Waals surface area contributed by atoms with Gasteiger partial charge in [0.2, 0.25) is 0 Å². The molecule has 1 aromatic carbocycles. The first-order chi connectivity index (χ1) is 8.83. The highest BCUT2D eigenvalue weighted by Gasteiger charge is 2.13. The number of benzene rings is 1. The first-order valence-electron chi connectivity index (χ1n) is 6.89. The molecule has 1 unspecified atom stereocenters. The van der Waals surface area contributed by atoms with Gasteiger partial charge in [0.15, 0.2) is 0 Å². The molecule has 0 spiro atoms. The highest BCUT2D eigenvalue weighted by Crippen LogP contribution is 2.27. The minimum Gasteiger partial charge on any atom is -0.493 e. The van der Waals surface area contributed by atoms with Gasteiger partial charge in [0, 0.05) is 24.6 Å². The summed E-state index contributed by atoms with van der Waals surface area (Å²) in [5.41, 5.74) is 1.21. The number of aliphatic hydroxyl groups excluding tert-OH is 1. The maximum absolute atomic E-state index is 8.79. The van der Waals surface area contributed by atoms with Gasteiger partial charge in [-0.3, -0.25) is 0 Å². The van der Waals surface area contributed by atoms with Crippen molar-refractivity contribution in [3.63, 3.8) is 0 Å².